The molecule has 1 amide bonds. The van der Waals surface area contributed by atoms with Crippen LogP contribution in [0.4, 0.5) is 0 Å². The minimum absolute atomic E-state index is 0.317. The van der Waals surface area contributed by atoms with Crippen LogP contribution >= 0.6 is 0 Å². The Morgan fingerprint density at radius 2 is 2.30 bits per heavy atom. The molecule has 0 spiro atoms. The number of rotatable bonds is 5. The number of nitrogens with zero attached hydrogens (tertiary/aromatic N) is 3. The summed E-state index contributed by atoms with van der Waals surface area (Å²) in [5.41, 5.74) is 5.57. The van der Waals surface area contributed by atoms with Gasteiger partial charge in [-0.2, -0.15) is 5.10 Å². The maximum absolute atomic E-state index is 12.5. The number of nitrogens with one attached hydrogen (secondary N) is 1. The van der Waals surface area contributed by atoms with Crippen LogP contribution in [0, 0.1) is 5.92 Å². The van der Waals surface area contributed by atoms with Crippen LogP contribution in [-0.2, 0) is 11.0 Å². The van der Waals surface area contributed by atoms with Gasteiger partial charge in [-0.15, -0.1) is 0 Å². The predicted octanol–water partition coefficient (Wildman–Crippen LogP) is 1.10. The van der Waals surface area contributed by atoms with E-state index in [9.17, 15) is 9.00 Å². The van der Waals surface area contributed by atoms with E-state index in [4.69, 9.17) is 5.73 Å². The number of primary amides is 1. The third kappa shape index (κ3) is 4.38. The number of benzene rings is 1. The first-order chi connectivity index (χ1) is 11.0. The number of carbonyl (C=O) groups excluding carboxylic acids is 1. The number of carbonyl (C=O) groups is 1. The first-order valence-corrected chi connectivity index (χ1v) is 8.64. The minimum atomic E-state index is -1.56. The fraction of sp³-hybridized carbons (Fsp3) is 0.400. The minimum Gasteiger partial charge on any atom is -0.366 e. The molecule has 1 aromatic rings. The topological polar surface area (TPSA) is 100 Å². The van der Waals surface area contributed by atoms with E-state index in [0.717, 1.165) is 6.42 Å². The molecule has 7 nitrogen and oxygen atoms in total. The van der Waals surface area contributed by atoms with Crippen molar-refractivity contribution >= 4 is 29.1 Å². The molecule has 0 saturated carbocycles. The Morgan fingerprint density at radius 3 is 2.91 bits per heavy atom. The van der Waals surface area contributed by atoms with Crippen molar-refractivity contribution in [3.8, 4) is 0 Å². The molecule has 1 heterocycles. The number of guanidine groups is 1. The lowest BCUT2D eigenvalue weighted by Crippen LogP contribution is -2.39. The van der Waals surface area contributed by atoms with Gasteiger partial charge in [-0.05, 0) is 31.5 Å². The summed E-state index contributed by atoms with van der Waals surface area (Å²) < 4.78 is 15.4. The third-order valence-corrected chi connectivity index (χ3v) is 4.47. The number of hydrogen-bond acceptors (Lipinski definition) is 4. The van der Waals surface area contributed by atoms with E-state index >= 15 is 0 Å². The molecule has 1 aromatic carbocycles. The average molecular weight is 335 g/mol. The lowest BCUT2D eigenvalue weighted by atomic mass is 10.1. The van der Waals surface area contributed by atoms with Crippen molar-refractivity contribution in [2.45, 2.75) is 25.2 Å². The number of nitrogens with two attached hydrogens (primary N) is 1. The monoisotopic (exact) mass is 335 g/mol. The molecule has 0 radical (unpaired) electrons. The van der Waals surface area contributed by atoms with Gasteiger partial charge in [0.15, 0.2) is 11.0 Å². The second kappa shape index (κ2) is 7.87. The van der Waals surface area contributed by atoms with Crippen molar-refractivity contribution in [1.82, 2.24) is 9.73 Å². The fourth-order valence-electron chi connectivity index (χ4n) is 2.09. The highest BCUT2D eigenvalue weighted by Crippen LogP contribution is 2.13. The Labute approximate surface area is 138 Å². The SMILES string of the molecule is CCN=C(NS(=O)c1cccc(C(N)=O)c1)N1CC(CC)C=N1. The summed E-state index contributed by atoms with van der Waals surface area (Å²) in [5, 5.41) is 6.02. The van der Waals surface area contributed by atoms with Gasteiger partial charge in [0.05, 0.1) is 11.4 Å². The van der Waals surface area contributed by atoms with E-state index in [1.807, 2.05) is 13.1 Å². The van der Waals surface area contributed by atoms with Gasteiger partial charge < -0.3 is 5.73 Å². The van der Waals surface area contributed by atoms with Gasteiger partial charge in [-0.1, -0.05) is 13.0 Å². The highest BCUT2D eigenvalue weighted by atomic mass is 32.2. The second-order valence-corrected chi connectivity index (χ2v) is 6.29. The zero-order valence-electron chi connectivity index (χ0n) is 13.2. The zero-order valence-corrected chi connectivity index (χ0v) is 14.0. The molecule has 1 aliphatic heterocycles. The van der Waals surface area contributed by atoms with Gasteiger partial charge in [0.1, 0.15) is 0 Å². The molecule has 3 N–H and O–H groups in total. The Kier molecular flexibility index (Phi) is 5.86. The highest BCUT2D eigenvalue weighted by Gasteiger charge is 2.21. The number of hydrogen-bond donors (Lipinski definition) is 2. The summed E-state index contributed by atoms with van der Waals surface area (Å²) >= 11 is 0. The Hall–Kier alpha value is -2.22. The maximum atomic E-state index is 12.5. The molecular weight excluding hydrogens is 314 g/mol. The van der Waals surface area contributed by atoms with Gasteiger partial charge >= 0.3 is 0 Å². The van der Waals surface area contributed by atoms with Crippen LogP contribution in [0.25, 0.3) is 0 Å². The molecule has 2 rings (SSSR count). The number of amides is 1. The summed E-state index contributed by atoms with van der Waals surface area (Å²) in [6, 6.07) is 6.41. The maximum Gasteiger partial charge on any atom is 0.248 e. The summed E-state index contributed by atoms with van der Waals surface area (Å²) in [6.45, 7) is 5.25. The van der Waals surface area contributed by atoms with E-state index in [-0.39, 0.29) is 0 Å². The van der Waals surface area contributed by atoms with Crippen molar-refractivity contribution in [3.05, 3.63) is 29.8 Å². The molecule has 124 valence electrons. The first kappa shape index (κ1) is 17.1. The quantitative estimate of drug-likeness (QED) is 0.622. The van der Waals surface area contributed by atoms with Crippen molar-refractivity contribution in [3.63, 3.8) is 0 Å². The predicted molar refractivity (Wildman–Crippen MR) is 91.5 cm³/mol. The van der Waals surface area contributed by atoms with Crippen LogP contribution in [0.15, 0.2) is 39.3 Å². The summed E-state index contributed by atoms with van der Waals surface area (Å²) in [7, 11) is -1.56. The molecule has 0 fully saturated rings. The Bertz CT molecular complexity index is 659. The van der Waals surface area contributed by atoms with Crippen LogP contribution in [0.2, 0.25) is 0 Å². The van der Waals surface area contributed by atoms with Gasteiger partial charge in [-0.3, -0.25) is 14.5 Å². The number of hydrazone groups is 1. The van der Waals surface area contributed by atoms with Gasteiger partial charge in [0.2, 0.25) is 11.9 Å². The van der Waals surface area contributed by atoms with Crippen molar-refractivity contribution in [1.29, 1.82) is 0 Å². The van der Waals surface area contributed by atoms with Crippen LogP contribution in [-0.4, -0.2) is 40.4 Å². The molecular formula is C15H21N5O2S. The van der Waals surface area contributed by atoms with E-state index in [1.165, 1.54) is 6.07 Å². The molecule has 8 heteroatoms. The lowest BCUT2D eigenvalue weighted by molar-refractivity contribution is 0.1000. The van der Waals surface area contributed by atoms with Gasteiger partial charge in [0.25, 0.3) is 0 Å². The molecule has 23 heavy (non-hydrogen) atoms. The fourth-order valence-corrected chi connectivity index (χ4v) is 2.98. The molecule has 0 saturated heterocycles. The van der Waals surface area contributed by atoms with Crippen LogP contribution in [0.1, 0.15) is 30.6 Å². The van der Waals surface area contributed by atoms with E-state index in [2.05, 4.69) is 21.7 Å². The lowest BCUT2D eigenvalue weighted by Gasteiger charge is -2.18. The normalized spacial score (nSPS) is 19.0. The molecule has 2 atom stereocenters. The van der Waals surface area contributed by atoms with Gasteiger partial charge in [0, 0.05) is 24.2 Å². The second-order valence-electron chi connectivity index (χ2n) is 5.08. The zero-order chi connectivity index (χ0) is 16.8. The van der Waals surface area contributed by atoms with Crippen molar-refractivity contribution < 1.29 is 9.00 Å². The highest BCUT2D eigenvalue weighted by molar-refractivity contribution is 7.83. The standard InChI is InChI=1S/C15H21N5O2S/c1-3-11-9-18-20(10-11)15(17-4-2)19-23(22)13-7-5-6-12(8-13)14(16)21/h5-9,11H,3-4,10H2,1-2H3,(H2,16,21)(H,17,19). The largest absolute Gasteiger partial charge is 0.366 e. The molecule has 2 unspecified atom stereocenters. The molecule has 1 aliphatic rings. The summed E-state index contributed by atoms with van der Waals surface area (Å²) in [4.78, 5) is 16.0. The van der Waals surface area contributed by atoms with E-state index < -0.39 is 16.9 Å². The summed E-state index contributed by atoms with van der Waals surface area (Å²) in [5.74, 6) is 0.272. The van der Waals surface area contributed by atoms with Crippen LogP contribution in [0.5, 0.6) is 0 Å². The van der Waals surface area contributed by atoms with Crippen molar-refractivity contribution in [2.24, 2.45) is 21.7 Å². The number of aliphatic imine (C=N–C) groups is 1. The molecule has 0 aromatic heterocycles. The third-order valence-electron chi connectivity index (χ3n) is 3.42. The first-order valence-electron chi connectivity index (χ1n) is 7.49. The Morgan fingerprint density at radius 1 is 1.52 bits per heavy atom. The van der Waals surface area contributed by atoms with Crippen molar-refractivity contribution in [2.75, 3.05) is 13.1 Å². The van der Waals surface area contributed by atoms with Crippen LogP contribution in [0.3, 0.4) is 0 Å². The smallest absolute Gasteiger partial charge is 0.248 e. The average Bonchev–Trinajstić information content (AvgIpc) is 3.03. The molecule has 0 aliphatic carbocycles. The van der Waals surface area contributed by atoms with Gasteiger partial charge in [-0.25, -0.2) is 9.22 Å². The molecule has 0 bridgehead atoms. The van der Waals surface area contributed by atoms with Crippen LogP contribution < -0.4 is 10.5 Å². The Balaban J connectivity index is 2.13. The van der Waals surface area contributed by atoms with E-state index in [0.29, 0.717) is 35.4 Å². The van der Waals surface area contributed by atoms with E-state index in [1.54, 1.807) is 23.2 Å². The summed E-state index contributed by atoms with van der Waals surface area (Å²) in [6.07, 6.45) is 2.87.